The van der Waals surface area contributed by atoms with Crippen LogP contribution in [0.4, 0.5) is 4.79 Å². The summed E-state index contributed by atoms with van der Waals surface area (Å²) in [6, 6.07) is 12.8. The van der Waals surface area contributed by atoms with Crippen molar-refractivity contribution in [1.82, 2.24) is 14.9 Å². The molecule has 0 saturated carbocycles. The predicted molar refractivity (Wildman–Crippen MR) is 127 cm³/mol. The predicted octanol–water partition coefficient (Wildman–Crippen LogP) is 3.14. The van der Waals surface area contributed by atoms with Crippen LogP contribution in [-0.2, 0) is 9.57 Å². The number of hydrogen-bond donors (Lipinski definition) is 0. The number of amides is 5. The van der Waals surface area contributed by atoms with Gasteiger partial charge in [-0.3, -0.25) is 33.8 Å². The summed E-state index contributed by atoms with van der Waals surface area (Å²) in [5, 5.41) is 0.951. The largest absolute Gasteiger partial charge is 0.442 e. The fraction of sp³-hybridized carbons (Fsp3) is 0.346. The van der Waals surface area contributed by atoms with Crippen molar-refractivity contribution >= 4 is 29.7 Å². The van der Waals surface area contributed by atoms with E-state index in [4.69, 9.17) is 9.57 Å². The van der Waals surface area contributed by atoms with Gasteiger partial charge in [-0.25, -0.2) is 4.79 Å². The molecule has 2 aliphatic heterocycles. The first-order valence-electron chi connectivity index (χ1n) is 11.6. The lowest BCUT2D eigenvalue weighted by Crippen LogP contribution is -2.49. The van der Waals surface area contributed by atoms with Crippen LogP contribution in [0.3, 0.4) is 0 Å². The van der Waals surface area contributed by atoms with Crippen LogP contribution in [0.2, 0.25) is 0 Å². The molecule has 2 aliphatic rings. The quantitative estimate of drug-likeness (QED) is 0.430. The average Bonchev–Trinajstić information content (AvgIpc) is 3.22. The first-order chi connectivity index (χ1) is 17.0. The van der Waals surface area contributed by atoms with Gasteiger partial charge in [-0.1, -0.05) is 24.3 Å². The number of carbonyl (C=O) groups is 5. The second kappa shape index (κ2) is 9.54. The summed E-state index contributed by atoms with van der Waals surface area (Å²) in [6.45, 7) is 6.26. The molecule has 0 N–H and O–H groups in total. The third-order valence-electron chi connectivity index (χ3n) is 5.69. The molecular weight excluding hydrogens is 466 g/mol. The summed E-state index contributed by atoms with van der Waals surface area (Å²) >= 11 is 0. The lowest BCUT2D eigenvalue weighted by atomic mass is 10.1. The molecule has 5 amide bonds. The Kier molecular flexibility index (Phi) is 6.64. The number of fused-ring (bicyclic) bond motifs is 2. The first-order valence-corrected chi connectivity index (χ1v) is 11.6. The minimum Gasteiger partial charge on any atom is -0.442 e. The average molecular weight is 494 g/mol. The van der Waals surface area contributed by atoms with Crippen molar-refractivity contribution in [2.75, 3.05) is 19.6 Å². The molecule has 2 aromatic rings. The zero-order valence-corrected chi connectivity index (χ0v) is 20.5. The zero-order valence-electron chi connectivity index (χ0n) is 20.5. The molecule has 0 unspecified atom stereocenters. The van der Waals surface area contributed by atoms with Gasteiger partial charge in [0.2, 0.25) is 0 Å². The van der Waals surface area contributed by atoms with Gasteiger partial charge in [-0.05, 0) is 52.0 Å². The lowest BCUT2D eigenvalue weighted by Gasteiger charge is -2.31. The Morgan fingerprint density at radius 2 is 1.14 bits per heavy atom. The minimum atomic E-state index is -1.10. The number of rotatable bonds is 7. The molecule has 4 rings (SSSR count). The fourth-order valence-electron chi connectivity index (χ4n) is 4.08. The van der Waals surface area contributed by atoms with Crippen LogP contribution in [0.15, 0.2) is 48.5 Å². The molecule has 0 saturated heterocycles. The number of nitrogens with zero attached hydrogens (tertiary/aromatic N) is 3. The van der Waals surface area contributed by atoms with E-state index in [-0.39, 0.29) is 41.9 Å². The van der Waals surface area contributed by atoms with E-state index >= 15 is 0 Å². The SMILES string of the molecule is CCN(OC(CN1C(=O)c2ccccc2C1=O)CN1C(=O)c2ccccc2C1=O)C(=O)OC(C)(C)C. The van der Waals surface area contributed by atoms with Crippen molar-refractivity contribution in [2.45, 2.75) is 39.4 Å². The Balaban J connectivity index is 1.60. The summed E-state index contributed by atoms with van der Waals surface area (Å²) in [6.07, 6.45) is -1.87. The van der Waals surface area contributed by atoms with Crippen LogP contribution < -0.4 is 0 Å². The van der Waals surface area contributed by atoms with Gasteiger partial charge < -0.3 is 4.74 Å². The normalized spacial score (nSPS) is 15.0. The van der Waals surface area contributed by atoms with Crippen molar-refractivity contribution in [3.63, 3.8) is 0 Å². The minimum absolute atomic E-state index is 0.0790. The highest BCUT2D eigenvalue weighted by Gasteiger charge is 2.41. The molecule has 0 bridgehead atoms. The van der Waals surface area contributed by atoms with Crippen molar-refractivity contribution < 1.29 is 33.5 Å². The fourth-order valence-corrected chi connectivity index (χ4v) is 4.08. The number of imide groups is 2. The monoisotopic (exact) mass is 493 g/mol. The maximum atomic E-state index is 13.0. The van der Waals surface area contributed by atoms with E-state index in [0.717, 1.165) is 14.9 Å². The van der Waals surface area contributed by atoms with Gasteiger partial charge >= 0.3 is 6.09 Å². The maximum Gasteiger partial charge on any atom is 0.434 e. The van der Waals surface area contributed by atoms with Crippen molar-refractivity contribution in [1.29, 1.82) is 0 Å². The topological polar surface area (TPSA) is 114 Å². The number of hydroxylamine groups is 2. The first kappa shape index (κ1) is 25.1. The van der Waals surface area contributed by atoms with Crippen LogP contribution in [0.25, 0.3) is 0 Å². The Bertz CT molecular complexity index is 1100. The Morgan fingerprint density at radius 1 is 0.778 bits per heavy atom. The molecule has 0 atom stereocenters. The van der Waals surface area contributed by atoms with Gasteiger partial charge in [0.15, 0.2) is 0 Å². The molecule has 10 nitrogen and oxygen atoms in total. The third-order valence-corrected chi connectivity index (χ3v) is 5.69. The molecule has 36 heavy (non-hydrogen) atoms. The van der Waals surface area contributed by atoms with E-state index in [1.54, 1.807) is 76.2 Å². The molecule has 0 fully saturated rings. The van der Waals surface area contributed by atoms with Crippen LogP contribution in [0.5, 0.6) is 0 Å². The van der Waals surface area contributed by atoms with Crippen LogP contribution >= 0.6 is 0 Å². The van der Waals surface area contributed by atoms with Crippen molar-refractivity contribution in [3.05, 3.63) is 70.8 Å². The van der Waals surface area contributed by atoms with E-state index < -0.39 is 41.4 Å². The molecule has 0 radical (unpaired) electrons. The summed E-state index contributed by atoms with van der Waals surface area (Å²) in [7, 11) is 0. The third kappa shape index (κ3) is 4.72. The Hall–Kier alpha value is -4.05. The number of carbonyl (C=O) groups excluding carboxylic acids is 5. The second-order valence-corrected chi connectivity index (χ2v) is 9.44. The molecule has 0 spiro atoms. The van der Waals surface area contributed by atoms with Gasteiger partial charge in [-0.15, -0.1) is 0 Å². The van der Waals surface area contributed by atoms with Crippen molar-refractivity contribution in [3.8, 4) is 0 Å². The molecule has 0 aromatic heterocycles. The highest BCUT2D eigenvalue weighted by molar-refractivity contribution is 6.22. The summed E-state index contributed by atoms with van der Waals surface area (Å²) in [5.74, 6) is -2.09. The highest BCUT2D eigenvalue weighted by atomic mass is 16.7. The van der Waals surface area contributed by atoms with Gasteiger partial charge in [-0.2, -0.15) is 5.06 Å². The van der Waals surface area contributed by atoms with Gasteiger partial charge in [0.25, 0.3) is 23.6 Å². The molecule has 0 aliphatic carbocycles. The van der Waals surface area contributed by atoms with E-state index in [2.05, 4.69) is 0 Å². The summed E-state index contributed by atoms with van der Waals surface area (Å²) in [4.78, 5) is 72.4. The Labute approximate surface area is 208 Å². The van der Waals surface area contributed by atoms with E-state index in [9.17, 15) is 24.0 Å². The molecule has 2 heterocycles. The number of hydrogen-bond acceptors (Lipinski definition) is 7. The smallest absolute Gasteiger partial charge is 0.434 e. The van der Waals surface area contributed by atoms with Crippen LogP contribution in [-0.4, -0.2) is 75.9 Å². The zero-order chi connectivity index (χ0) is 26.2. The van der Waals surface area contributed by atoms with Crippen LogP contribution in [0.1, 0.15) is 69.1 Å². The van der Waals surface area contributed by atoms with Gasteiger partial charge in [0.05, 0.1) is 35.3 Å². The summed E-state index contributed by atoms with van der Waals surface area (Å²) in [5.41, 5.74) is 0.208. The van der Waals surface area contributed by atoms with Gasteiger partial charge in [0.1, 0.15) is 11.7 Å². The number of benzene rings is 2. The number of ether oxygens (including phenoxy) is 1. The molecule has 10 heteroatoms. The van der Waals surface area contributed by atoms with Crippen molar-refractivity contribution in [2.24, 2.45) is 0 Å². The Morgan fingerprint density at radius 3 is 1.44 bits per heavy atom. The van der Waals surface area contributed by atoms with Gasteiger partial charge in [0, 0.05) is 6.54 Å². The van der Waals surface area contributed by atoms with E-state index in [0.29, 0.717) is 0 Å². The molecular formula is C26H27N3O7. The molecule has 188 valence electrons. The van der Waals surface area contributed by atoms with E-state index in [1.807, 2.05) is 0 Å². The standard InChI is InChI=1S/C26H27N3O7/c1-5-29(25(34)35-26(2,3)4)36-16(14-27-21(30)17-10-6-7-11-18(17)22(27)31)15-28-23(32)19-12-8-9-13-20(19)24(28)33/h6-13,16H,5,14-15H2,1-4H3. The summed E-state index contributed by atoms with van der Waals surface area (Å²) < 4.78 is 5.38. The van der Waals surface area contributed by atoms with Crippen LogP contribution in [0, 0.1) is 0 Å². The highest BCUT2D eigenvalue weighted by Crippen LogP contribution is 2.26. The lowest BCUT2D eigenvalue weighted by molar-refractivity contribution is -0.182. The maximum absolute atomic E-state index is 13.0. The molecule has 2 aromatic carbocycles. The van der Waals surface area contributed by atoms with E-state index in [1.165, 1.54) is 0 Å². The second-order valence-electron chi connectivity index (χ2n) is 9.44.